The van der Waals surface area contributed by atoms with Gasteiger partial charge in [-0.15, -0.1) is 0 Å². The number of nitrogens with one attached hydrogen (secondary N) is 1. The average molecular weight is 167 g/mol. The Morgan fingerprint density at radius 3 is 3.08 bits per heavy atom. The van der Waals surface area contributed by atoms with E-state index in [0.717, 1.165) is 11.4 Å². The molecule has 66 valence electrons. The van der Waals surface area contributed by atoms with Crippen LogP contribution in [0.4, 0.5) is 5.82 Å². The molecule has 4 N–H and O–H groups in total. The lowest BCUT2D eigenvalue weighted by Gasteiger charge is -2.08. The largest absolute Gasteiger partial charge is 0.394 e. The Balaban J connectivity index is 2.86. The number of nitrogens with zero attached hydrogens (tertiary/aromatic N) is 1. The third-order valence-electron chi connectivity index (χ3n) is 1.66. The first-order chi connectivity index (χ1) is 5.77. The minimum Gasteiger partial charge on any atom is -0.394 e. The average Bonchev–Trinajstić information content (AvgIpc) is 2.17. The lowest BCUT2D eigenvalue weighted by atomic mass is 10.1. The highest BCUT2D eigenvalue weighted by Gasteiger charge is 2.03. The van der Waals surface area contributed by atoms with Crippen molar-refractivity contribution < 1.29 is 5.11 Å². The second-order valence-electron chi connectivity index (χ2n) is 2.51. The van der Waals surface area contributed by atoms with Crippen LogP contribution in [0.1, 0.15) is 11.6 Å². The minimum absolute atomic E-state index is 0.0484. The molecule has 0 unspecified atom stereocenters. The minimum atomic E-state index is -0.319. The summed E-state index contributed by atoms with van der Waals surface area (Å²) in [5.41, 5.74) is 6.50. The van der Waals surface area contributed by atoms with Gasteiger partial charge in [0, 0.05) is 13.2 Å². The van der Waals surface area contributed by atoms with Crippen LogP contribution in [-0.2, 0) is 0 Å². The summed E-state index contributed by atoms with van der Waals surface area (Å²) >= 11 is 0. The molecule has 0 saturated heterocycles. The standard InChI is InChI=1S/C8H13N3O/c1-10-8-4-6(2-3-11-8)7(9)5-12/h2-4,7,12H,5,9H2,1H3,(H,10,11)/t7-/m1/s1. The zero-order valence-electron chi connectivity index (χ0n) is 6.99. The van der Waals surface area contributed by atoms with Gasteiger partial charge in [0.25, 0.3) is 0 Å². The third-order valence-corrected chi connectivity index (χ3v) is 1.66. The molecule has 0 bridgehead atoms. The summed E-state index contributed by atoms with van der Waals surface area (Å²) in [5.74, 6) is 0.761. The number of aliphatic hydroxyl groups excluding tert-OH is 1. The molecule has 4 nitrogen and oxygen atoms in total. The summed E-state index contributed by atoms with van der Waals surface area (Å²) in [4.78, 5) is 4.03. The fourth-order valence-electron chi connectivity index (χ4n) is 0.920. The SMILES string of the molecule is CNc1cc([C@H](N)CO)ccn1. The van der Waals surface area contributed by atoms with Gasteiger partial charge >= 0.3 is 0 Å². The summed E-state index contributed by atoms with van der Waals surface area (Å²) in [7, 11) is 1.79. The Bertz CT molecular complexity index is 252. The van der Waals surface area contributed by atoms with Crippen LogP contribution in [0.15, 0.2) is 18.3 Å². The van der Waals surface area contributed by atoms with Gasteiger partial charge < -0.3 is 16.2 Å². The number of rotatable bonds is 3. The Hall–Kier alpha value is -1.13. The second-order valence-corrected chi connectivity index (χ2v) is 2.51. The molecule has 0 amide bonds. The Morgan fingerprint density at radius 1 is 1.75 bits per heavy atom. The molecular weight excluding hydrogens is 154 g/mol. The molecule has 0 aliphatic rings. The van der Waals surface area contributed by atoms with Gasteiger partial charge in [0.1, 0.15) is 5.82 Å². The van der Waals surface area contributed by atoms with E-state index in [1.807, 2.05) is 6.07 Å². The molecule has 1 aromatic heterocycles. The van der Waals surface area contributed by atoms with Crippen molar-refractivity contribution in [2.75, 3.05) is 19.0 Å². The Morgan fingerprint density at radius 2 is 2.50 bits per heavy atom. The van der Waals surface area contributed by atoms with E-state index in [2.05, 4.69) is 10.3 Å². The van der Waals surface area contributed by atoms with E-state index in [-0.39, 0.29) is 12.6 Å². The quantitative estimate of drug-likeness (QED) is 0.597. The molecule has 1 rings (SSSR count). The molecule has 0 spiro atoms. The Labute approximate surface area is 71.4 Å². The van der Waals surface area contributed by atoms with E-state index in [4.69, 9.17) is 10.8 Å². The molecule has 0 radical (unpaired) electrons. The van der Waals surface area contributed by atoms with Crippen LogP contribution < -0.4 is 11.1 Å². The molecule has 1 atom stereocenters. The van der Waals surface area contributed by atoms with E-state index in [1.165, 1.54) is 0 Å². The lowest BCUT2D eigenvalue weighted by Crippen LogP contribution is -2.14. The van der Waals surface area contributed by atoms with Gasteiger partial charge in [0.15, 0.2) is 0 Å². The topological polar surface area (TPSA) is 71.2 Å². The highest BCUT2D eigenvalue weighted by Crippen LogP contribution is 2.12. The molecule has 0 saturated carbocycles. The summed E-state index contributed by atoms with van der Waals surface area (Å²) in [6.45, 7) is -0.0484. The van der Waals surface area contributed by atoms with Gasteiger partial charge in [-0.3, -0.25) is 0 Å². The maximum atomic E-state index is 8.79. The van der Waals surface area contributed by atoms with Gasteiger partial charge in [-0.2, -0.15) is 0 Å². The zero-order chi connectivity index (χ0) is 8.97. The van der Waals surface area contributed by atoms with E-state index < -0.39 is 0 Å². The summed E-state index contributed by atoms with van der Waals surface area (Å²) in [6.07, 6.45) is 1.66. The molecule has 0 fully saturated rings. The third kappa shape index (κ3) is 1.93. The van der Waals surface area contributed by atoms with Gasteiger partial charge in [0.05, 0.1) is 12.6 Å². The molecule has 0 aliphatic carbocycles. The van der Waals surface area contributed by atoms with E-state index in [9.17, 15) is 0 Å². The van der Waals surface area contributed by atoms with Crippen molar-refractivity contribution in [3.05, 3.63) is 23.9 Å². The van der Waals surface area contributed by atoms with Crippen molar-refractivity contribution in [3.8, 4) is 0 Å². The number of aromatic nitrogens is 1. The van der Waals surface area contributed by atoms with Crippen LogP contribution in [0.3, 0.4) is 0 Å². The van der Waals surface area contributed by atoms with Crippen LogP contribution >= 0.6 is 0 Å². The van der Waals surface area contributed by atoms with Gasteiger partial charge in [-0.05, 0) is 17.7 Å². The highest BCUT2D eigenvalue weighted by atomic mass is 16.3. The number of hydrogen-bond acceptors (Lipinski definition) is 4. The first-order valence-corrected chi connectivity index (χ1v) is 3.78. The van der Waals surface area contributed by atoms with Gasteiger partial charge in [-0.1, -0.05) is 0 Å². The summed E-state index contributed by atoms with van der Waals surface area (Å²) < 4.78 is 0. The van der Waals surface area contributed by atoms with Crippen LogP contribution in [0.25, 0.3) is 0 Å². The fourth-order valence-corrected chi connectivity index (χ4v) is 0.920. The maximum absolute atomic E-state index is 8.79. The Kier molecular flexibility index (Phi) is 3.01. The van der Waals surface area contributed by atoms with Crippen LogP contribution in [0.2, 0.25) is 0 Å². The molecule has 0 aromatic carbocycles. The summed E-state index contributed by atoms with van der Waals surface area (Å²) in [6, 6.07) is 3.29. The number of nitrogens with two attached hydrogens (primary N) is 1. The van der Waals surface area contributed by atoms with Crippen LogP contribution in [0, 0.1) is 0 Å². The van der Waals surface area contributed by atoms with E-state index in [1.54, 1.807) is 19.3 Å². The molecule has 0 aliphatic heterocycles. The monoisotopic (exact) mass is 167 g/mol. The zero-order valence-corrected chi connectivity index (χ0v) is 6.99. The van der Waals surface area contributed by atoms with Crippen molar-refractivity contribution in [1.82, 2.24) is 4.98 Å². The van der Waals surface area contributed by atoms with Crippen molar-refractivity contribution in [2.24, 2.45) is 5.73 Å². The van der Waals surface area contributed by atoms with E-state index in [0.29, 0.717) is 0 Å². The molecule has 4 heteroatoms. The number of aliphatic hydroxyl groups is 1. The molecule has 1 aromatic rings. The van der Waals surface area contributed by atoms with E-state index >= 15 is 0 Å². The smallest absolute Gasteiger partial charge is 0.125 e. The fraction of sp³-hybridized carbons (Fsp3) is 0.375. The number of anilines is 1. The highest BCUT2D eigenvalue weighted by molar-refractivity contribution is 5.37. The molecule has 1 heterocycles. The normalized spacial score (nSPS) is 12.6. The van der Waals surface area contributed by atoms with Crippen molar-refractivity contribution >= 4 is 5.82 Å². The lowest BCUT2D eigenvalue weighted by molar-refractivity contribution is 0.268. The number of hydrogen-bond donors (Lipinski definition) is 3. The van der Waals surface area contributed by atoms with Crippen molar-refractivity contribution in [1.29, 1.82) is 0 Å². The van der Waals surface area contributed by atoms with Gasteiger partial charge in [0.2, 0.25) is 0 Å². The number of pyridine rings is 1. The van der Waals surface area contributed by atoms with Crippen molar-refractivity contribution in [2.45, 2.75) is 6.04 Å². The van der Waals surface area contributed by atoms with Crippen LogP contribution in [-0.4, -0.2) is 23.7 Å². The summed E-state index contributed by atoms with van der Waals surface area (Å²) in [5, 5.41) is 11.7. The first-order valence-electron chi connectivity index (χ1n) is 3.78. The van der Waals surface area contributed by atoms with Gasteiger partial charge in [-0.25, -0.2) is 4.98 Å². The van der Waals surface area contributed by atoms with Crippen molar-refractivity contribution in [3.63, 3.8) is 0 Å². The predicted octanol–water partition coefficient (Wildman–Crippen LogP) is 0.115. The maximum Gasteiger partial charge on any atom is 0.125 e. The molecular formula is C8H13N3O. The predicted molar refractivity (Wildman–Crippen MR) is 47.8 cm³/mol. The second kappa shape index (κ2) is 4.04. The first kappa shape index (κ1) is 8.96. The molecule has 12 heavy (non-hydrogen) atoms. The van der Waals surface area contributed by atoms with Crippen LogP contribution in [0.5, 0.6) is 0 Å².